The van der Waals surface area contributed by atoms with Gasteiger partial charge in [-0.05, 0) is 62.0 Å². The Morgan fingerprint density at radius 1 is 0.969 bits per heavy atom. The Hall–Kier alpha value is -3.16. The Morgan fingerprint density at radius 2 is 1.66 bits per heavy atom. The lowest BCUT2D eigenvalue weighted by molar-refractivity contribution is -0.116. The van der Waals surface area contributed by atoms with E-state index in [0.29, 0.717) is 10.5 Å². The van der Waals surface area contributed by atoms with Crippen molar-refractivity contribution in [1.82, 2.24) is 14.3 Å². The normalized spacial score (nSPS) is 10.8. The summed E-state index contributed by atoms with van der Waals surface area (Å²) in [5, 5.41) is 7.67. The van der Waals surface area contributed by atoms with Gasteiger partial charge in [-0.1, -0.05) is 54.1 Å². The topological polar surface area (TPSA) is 51.9 Å². The van der Waals surface area contributed by atoms with Gasteiger partial charge in [-0.2, -0.15) is 5.10 Å². The Morgan fingerprint density at radius 3 is 2.38 bits per heavy atom. The molecule has 0 bridgehead atoms. The third-order valence-corrected chi connectivity index (χ3v) is 6.42. The minimum Gasteiger partial charge on any atom is -0.324 e. The second kappa shape index (κ2) is 9.97. The van der Waals surface area contributed by atoms with Crippen molar-refractivity contribution >= 4 is 35.6 Å². The summed E-state index contributed by atoms with van der Waals surface area (Å²) in [5.74, 6) is 1.27. The highest BCUT2D eigenvalue weighted by molar-refractivity contribution is 7.98. The number of para-hydroxylation sites is 2. The van der Waals surface area contributed by atoms with Gasteiger partial charge in [0.2, 0.25) is 10.7 Å². The van der Waals surface area contributed by atoms with Crippen LogP contribution in [0.4, 0.5) is 5.69 Å². The Bertz CT molecular complexity index is 1280. The lowest BCUT2D eigenvalue weighted by Crippen LogP contribution is -2.20. The van der Waals surface area contributed by atoms with Gasteiger partial charge in [-0.15, -0.1) is 11.8 Å². The lowest BCUT2D eigenvalue weighted by Gasteiger charge is -2.08. The number of carbonyl (C=O) groups is 1. The molecule has 0 fully saturated rings. The molecule has 0 aliphatic rings. The zero-order chi connectivity index (χ0) is 22.5. The molecule has 4 rings (SSSR count). The molecule has 1 N–H and O–H groups in total. The highest BCUT2D eigenvalue weighted by atomic mass is 32.2. The van der Waals surface area contributed by atoms with Crippen LogP contribution in [0.3, 0.4) is 0 Å². The van der Waals surface area contributed by atoms with Crippen LogP contribution < -0.4 is 5.32 Å². The summed E-state index contributed by atoms with van der Waals surface area (Å²) >= 11 is 7.42. The van der Waals surface area contributed by atoms with Crippen LogP contribution in [-0.2, 0) is 17.1 Å². The number of hydrogen-bond acceptors (Lipinski definition) is 4. The van der Waals surface area contributed by atoms with Crippen molar-refractivity contribution in [3.8, 4) is 5.69 Å². The zero-order valence-corrected chi connectivity index (χ0v) is 19.6. The van der Waals surface area contributed by atoms with E-state index in [9.17, 15) is 4.79 Å². The average molecular weight is 461 g/mol. The number of rotatable bonds is 7. The van der Waals surface area contributed by atoms with Gasteiger partial charge >= 0.3 is 0 Å². The smallest absolute Gasteiger partial charge is 0.246 e. The van der Waals surface area contributed by atoms with Crippen LogP contribution in [0.15, 0.2) is 83.8 Å². The standard InChI is InChI=1S/C25H24N4OS2/c1-18-12-14-21(15-13-18)32-17-23-27-28(25(31)29(23)20-9-4-3-5-10-20)16-24(30)26-22-11-7-6-8-19(22)2/h3-15H,16-17H2,1-2H3,(H,26,30). The van der Waals surface area contributed by atoms with Crippen LogP contribution in [0.25, 0.3) is 5.69 Å². The summed E-state index contributed by atoms with van der Waals surface area (Å²) in [7, 11) is 0. The van der Waals surface area contributed by atoms with E-state index < -0.39 is 0 Å². The van der Waals surface area contributed by atoms with Gasteiger partial charge in [0, 0.05) is 16.3 Å². The van der Waals surface area contributed by atoms with Gasteiger partial charge < -0.3 is 5.32 Å². The maximum absolute atomic E-state index is 12.7. The van der Waals surface area contributed by atoms with Gasteiger partial charge in [0.15, 0.2) is 0 Å². The fourth-order valence-corrected chi connectivity index (χ4v) is 4.43. The molecule has 0 aliphatic heterocycles. The van der Waals surface area contributed by atoms with Crippen LogP contribution in [0.1, 0.15) is 17.0 Å². The van der Waals surface area contributed by atoms with Crippen molar-refractivity contribution < 1.29 is 4.79 Å². The predicted octanol–water partition coefficient (Wildman–Crippen LogP) is 5.95. The Kier molecular flexibility index (Phi) is 6.87. The Labute approximate surface area is 197 Å². The number of benzene rings is 3. The fourth-order valence-electron chi connectivity index (χ4n) is 3.31. The van der Waals surface area contributed by atoms with E-state index >= 15 is 0 Å². The molecule has 32 heavy (non-hydrogen) atoms. The fraction of sp³-hybridized carbons (Fsp3) is 0.160. The van der Waals surface area contributed by atoms with Crippen molar-refractivity contribution in [2.75, 3.05) is 5.32 Å². The molecule has 0 aliphatic carbocycles. The van der Waals surface area contributed by atoms with E-state index in [1.165, 1.54) is 5.56 Å². The van der Waals surface area contributed by atoms with Gasteiger partial charge in [0.1, 0.15) is 12.4 Å². The summed E-state index contributed by atoms with van der Waals surface area (Å²) in [6, 6.07) is 26.0. The molecule has 0 radical (unpaired) electrons. The van der Waals surface area contributed by atoms with E-state index in [1.807, 2.05) is 66.1 Å². The first kappa shape index (κ1) is 22.0. The van der Waals surface area contributed by atoms with E-state index in [-0.39, 0.29) is 12.5 Å². The molecule has 0 saturated heterocycles. The molecule has 0 spiro atoms. The first-order chi connectivity index (χ1) is 15.5. The minimum atomic E-state index is -0.161. The van der Waals surface area contributed by atoms with Crippen molar-refractivity contribution in [2.45, 2.75) is 31.0 Å². The van der Waals surface area contributed by atoms with Crippen molar-refractivity contribution in [3.63, 3.8) is 0 Å². The second-order valence-electron chi connectivity index (χ2n) is 7.49. The first-order valence-electron chi connectivity index (χ1n) is 10.3. The predicted molar refractivity (Wildman–Crippen MR) is 133 cm³/mol. The number of aromatic nitrogens is 3. The maximum Gasteiger partial charge on any atom is 0.246 e. The van der Waals surface area contributed by atoms with Crippen LogP contribution in [-0.4, -0.2) is 20.3 Å². The number of aryl methyl sites for hydroxylation is 2. The third kappa shape index (κ3) is 5.18. The molecular formula is C25H24N4OS2. The van der Waals surface area contributed by atoms with Crippen molar-refractivity contribution in [2.24, 2.45) is 0 Å². The van der Waals surface area contributed by atoms with E-state index in [1.54, 1.807) is 16.4 Å². The number of hydrogen-bond donors (Lipinski definition) is 1. The molecule has 0 unspecified atom stereocenters. The molecule has 3 aromatic carbocycles. The number of amides is 1. The van der Waals surface area contributed by atoms with Crippen molar-refractivity contribution in [1.29, 1.82) is 0 Å². The average Bonchev–Trinajstić information content (AvgIpc) is 3.10. The molecule has 1 heterocycles. The SMILES string of the molecule is Cc1ccc(SCc2nn(CC(=O)Nc3ccccc3C)c(=S)n2-c2ccccc2)cc1. The van der Waals surface area contributed by atoms with E-state index in [0.717, 1.165) is 27.7 Å². The highest BCUT2D eigenvalue weighted by Crippen LogP contribution is 2.24. The number of thioether (sulfide) groups is 1. The molecule has 7 heteroatoms. The van der Waals surface area contributed by atoms with Crippen LogP contribution in [0, 0.1) is 18.6 Å². The molecule has 4 aromatic rings. The molecule has 0 saturated carbocycles. The molecule has 1 aromatic heterocycles. The number of carbonyl (C=O) groups excluding carboxylic acids is 1. The van der Waals surface area contributed by atoms with Gasteiger partial charge in [0.05, 0.1) is 5.75 Å². The lowest BCUT2D eigenvalue weighted by atomic mass is 10.2. The van der Waals surface area contributed by atoms with Crippen LogP contribution in [0.2, 0.25) is 0 Å². The van der Waals surface area contributed by atoms with Crippen molar-refractivity contribution in [3.05, 3.63) is 101 Å². The zero-order valence-electron chi connectivity index (χ0n) is 18.0. The summed E-state index contributed by atoms with van der Waals surface area (Å²) < 4.78 is 4.04. The van der Waals surface area contributed by atoms with E-state index in [4.69, 9.17) is 17.3 Å². The van der Waals surface area contributed by atoms with Gasteiger partial charge in [0.25, 0.3) is 0 Å². The van der Waals surface area contributed by atoms with E-state index in [2.05, 4.69) is 36.5 Å². The monoisotopic (exact) mass is 460 g/mol. The largest absolute Gasteiger partial charge is 0.324 e. The quantitative estimate of drug-likeness (QED) is 0.273. The maximum atomic E-state index is 12.7. The van der Waals surface area contributed by atoms with Gasteiger partial charge in [-0.3, -0.25) is 9.36 Å². The molecule has 0 atom stereocenters. The highest BCUT2D eigenvalue weighted by Gasteiger charge is 2.15. The number of nitrogens with one attached hydrogen (secondary N) is 1. The molecule has 5 nitrogen and oxygen atoms in total. The second-order valence-corrected chi connectivity index (χ2v) is 8.91. The molecular weight excluding hydrogens is 436 g/mol. The van der Waals surface area contributed by atoms with Crippen LogP contribution in [0.5, 0.6) is 0 Å². The summed E-state index contributed by atoms with van der Waals surface area (Å²) in [6.07, 6.45) is 0. The third-order valence-electron chi connectivity index (χ3n) is 5.02. The van der Waals surface area contributed by atoms with Gasteiger partial charge in [-0.25, -0.2) is 4.68 Å². The minimum absolute atomic E-state index is 0.0508. The van der Waals surface area contributed by atoms with Crippen LogP contribution >= 0.6 is 24.0 Å². The molecule has 1 amide bonds. The Balaban J connectivity index is 1.60. The summed E-state index contributed by atoms with van der Waals surface area (Å²) in [6.45, 7) is 4.09. The number of nitrogens with zero attached hydrogens (tertiary/aromatic N) is 3. The first-order valence-corrected chi connectivity index (χ1v) is 11.7. The summed E-state index contributed by atoms with van der Waals surface area (Å²) in [4.78, 5) is 13.9. The summed E-state index contributed by atoms with van der Waals surface area (Å²) in [5.41, 5.74) is 3.96. The number of anilines is 1. The molecule has 162 valence electrons.